The number of nitrogens with zero attached hydrogens (tertiary/aromatic N) is 1. The first kappa shape index (κ1) is 16.6. The smallest absolute Gasteiger partial charge is 0.308 e. The van der Waals surface area contributed by atoms with Crippen LogP contribution in [0.25, 0.3) is 0 Å². The van der Waals surface area contributed by atoms with E-state index in [4.69, 9.17) is 5.11 Å². The van der Waals surface area contributed by atoms with Crippen molar-refractivity contribution in [3.63, 3.8) is 0 Å². The third-order valence-corrected chi connectivity index (χ3v) is 4.38. The Labute approximate surface area is 124 Å². The SMILES string of the molecule is CCC(Sc1ccccc1)C(=O)N(C)CC(C)C(=O)O. The molecular weight excluding hydrogens is 274 g/mol. The number of carbonyl (C=O) groups is 2. The van der Waals surface area contributed by atoms with E-state index in [0.717, 1.165) is 4.90 Å². The van der Waals surface area contributed by atoms with Gasteiger partial charge in [-0.25, -0.2) is 0 Å². The molecule has 0 saturated carbocycles. The minimum atomic E-state index is -0.881. The highest BCUT2D eigenvalue weighted by molar-refractivity contribution is 8.00. The molecule has 0 fully saturated rings. The second-order valence-electron chi connectivity index (χ2n) is 4.79. The molecule has 0 saturated heterocycles. The summed E-state index contributed by atoms with van der Waals surface area (Å²) in [7, 11) is 1.66. The van der Waals surface area contributed by atoms with E-state index in [1.54, 1.807) is 14.0 Å². The van der Waals surface area contributed by atoms with Crippen LogP contribution in [0.15, 0.2) is 35.2 Å². The first-order valence-corrected chi connectivity index (χ1v) is 7.53. The summed E-state index contributed by atoms with van der Waals surface area (Å²) in [6, 6.07) is 9.76. The van der Waals surface area contributed by atoms with Gasteiger partial charge in [0.2, 0.25) is 5.91 Å². The summed E-state index contributed by atoms with van der Waals surface area (Å²) in [6.45, 7) is 3.81. The van der Waals surface area contributed by atoms with Crippen LogP contribution in [0.3, 0.4) is 0 Å². The fourth-order valence-electron chi connectivity index (χ4n) is 1.80. The first-order valence-electron chi connectivity index (χ1n) is 6.65. The van der Waals surface area contributed by atoms with Crippen LogP contribution in [-0.4, -0.2) is 40.7 Å². The standard InChI is InChI=1S/C15H21NO3S/c1-4-13(20-12-8-6-5-7-9-12)14(17)16(3)10-11(2)15(18)19/h5-9,11,13H,4,10H2,1-3H3,(H,18,19). The number of amides is 1. The van der Waals surface area contributed by atoms with Gasteiger partial charge in [-0.05, 0) is 18.6 Å². The molecule has 2 atom stereocenters. The lowest BCUT2D eigenvalue weighted by atomic mass is 10.1. The molecule has 1 aromatic carbocycles. The van der Waals surface area contributed by atoms with E-state index in [0.29, 0.717) is 6.42 Å². The van der Waals surface area contributed by atoms with Gasteiger partial charge in [0.1, 0.15) is 0 Å². The fourth-order valence-corrected chi connectivity index (χ4v) is 2.89. The number of carboxylic acids is 1. The predicted molar refractivity (Wildman–Crippen MR) is 80.8 cm³/mol. The molecule has 5 heteroatoms. The summed E-state index contributed by atoms with van der Waals surface area (Å²) < 4.78 is 0. The lowest BCUT2D eigenvalue weighted by molar-refractivity contribution is -0.142. The summed E-state index contributed by atoms with van der Waals surface area (Å²) in [5, 5.41) is 8.72. The summed E-state index contributed by atoms with van der Waals surface area (Å²) >= 11 is 1.52. The normalized spacial score (nSPS) is 13.6. The molecule has 0 aromatic heterocycles. The highest BCUT2D eigenvalue weighted by Gasteiger charge is 2.24. The van der Waals surface area contributed by atoms with Crippen molar-refractivity contribution >= 4 is 23.6 Å². The molecule has 110 valence electrons. The molecule has 1 N–H and O–H groups in total. The average molecular weight is 295 g/mol. The first-order chi connectivity index (χ1) is 9.45. The maximum absolute atomic E-state index is 12.3. The zero-order valence-corrected chi connectivity index (χ0v) is 12.9. The van der Waals surface area contributed by atoms with Gasteiger partial charge in [-0.3, -0.25) is 9.59 Å². The highest BCUT2D eigenvalue weighted by Crippen LogP contribution is 2.26. The molecule has 0 aliphatic heterocycles. The molecule has 1 aromatic rings. The summed E-state index contributed by atoms with van der Waals surface area (Å²) in [5.41, 5.74) is 0. The van der Waals surface area contributed by atoms with Crippen molar-refractivity contribution in [1.29, 1.82) is 0 Å². The molecule has 0 bridgehead atoms. The summed E-state index contributed by atoms with van der Waals surface area (Å²) in [6.07, 6.45) is 0.712. The van der Waals surface area contributed by atoms with Crippen LogP contribution in [0, 0.1) is 5.92 Å². The molecule has 0 aliphatic carbocycles. The highest BCUT2D eigenvalue weighted by atomic mass is 32.2. The van der Waals surface area contributed by atoms with E-state index in [1.165, 1.54) is 16.7 Å². The van der Waals surface area contributed by atoms with Crippen LogP contribution < -0.4 is 0 Å². The Kier molecular flexibility index (Phi) is 6.58. The van der Waals surface area contributed by atoms with E-state index in [2.05, 4.69) is 0 Å². The number of benzene rings is 1. The third-order valence-electron chi connectivity index (χ3n) is 3.01. The fraction of sp³-hybridized carbons (Fsp3) is 0.467. The molecule has 4 nitrogen and oxygen atoms in total. The van der Waals surface area contributed by atoms with Crippen molar-refractivity contribution < 1.29 is 14.7 Å². The van der Waals surface area contributed by atoms with Gasteiger partial charge >= 0.3 is 5.97 Å². The minimum Gasteiger partial charge on any atom is -0.481 e. The lowest BCUT2D eigenvalue weighted by Gasteiger charge is -2.24. The Bertz CT molecular complexity index is 450. The molecule has 1 amide bonds. The van der Waals surface area contributed by atoms with Crippen LogP contribution in [0.1, 0.15) is 20.3 Å². The number of hydrogen-bond donors (Lipinski definition) is 1. The van der Waals surface area contributed by atoms with Crippen LogP contribution in [0.2, 0.25) is 0 Å². The van der Waals surface area contributed by atoms with Crippen molar-refractivity contribution in [1.82, 2.24) is 4.90 Å². The zero-order chi connectivity index (χ0) is 15.1. The molecule has 0 spiro atoms. The number of carbonyl (C=O) groups excluding carboxylic acids is 1. The van der Waals surface area contributed by atoms with Crippen molar-refractivity contribution in [3.05, 3.63) is 30.3 Å². The largest absolute Gasteiger partial charge is 0.481 e. The van der Waals surface area contributed by atoms with Crippen molar-refractivity contribution in [3.8, 4) is 0 Å². The van der Waals surface area contributed by atoms with Gasteiger partial charge in [0, 0.05) is 18.5 Å². The molecular formula is C15H21NO3S. The minimum absolute atomic E-state index is 0.0190. The summed E-state index contributed by atoms with van der Waals surface area (Å²) in [5.74, 6) is -1.45. The Morgan fingerprint density at radius 1 is 1.30 bits per heavy atom. The van der Waals surface area contributed by atoms with Gasteiger partial charge in [0.25, 0.3) is 0 Å². The Morgan fingerprint density at radius 3 is 2.40 bits per heavy atom. The molecule has 1 rings (SSSR count). The second-order valence-corrected chi connectivity index (χ2v) is 6.06. The van der Waals surface area contributed by atoms with Crippen LogP contribution in [0.4, 0.5) is 0 Å². The van der Waals surface area contributed by atoms with Crippen molar-refractivity contribution in [2.45, 2.75) is 30.4 Å². The number of carboxylic acid groups (broad SMARTS) is 1. The van der Waals surface area contributed by atoms with Crippen molar-refractivity contribution in [2.75, 3.05) is 13.6 Å². The van der Waals surface area contributed by atoms with Gasteiger partial charge in [0.05, 0.1) is 11.2 Å². The third kappa shape index (κ3) is 4.89. The number of rotatable bonds is 7. The van der Waals surface area contributed by atoms with E-state index in [-0.39, 0.29) is 17.7 Å². The quantitative estimate of drug-likeness (QED) is 0.786. The Balaban J connectivity index is 2.64. The molecule has 0 radical (unpaired) electrons. The van der Waals surface area contributed by atoms with Gasteiger partial charge in [-0.1, -0.05) is 32.0 Å². The number of thioether (sulfide) groups is 1. The van der Waals surface area contributed by atoms with E-state index in [1.807, 2.05) is 37.3 Å². The average Bonchev–Trinajstić information content (AvgIpc) is 2.44. The molecule has 2 unspecified atom stereocenters. The zero-order valence-electron chi connectivity index (χ0n) is 12.1. The maximum atomic E-state index is 12.3. The Hall–Kier alpha value is -1.49. The molecule has 0 aliphatic rings. The summed E-state index contributed by atoms with van der Waals surface area (Å²) in [4.78, 5) is 25.8. The van der Waals surface area contributed by atoms with Crippen LogP contribution in [0.5, 0.6) is 0 Å². The topological polar surface area (TPSA) is 57.6 Å². The van der Waals surface area contributed by atoms with Gasteiger partial charge in [0.15, 0.2) is 0 Å². The van der Waals surface area contributed by atoms with Gasteiger partial charge in [-0.2, -0.15) is 0 Å². The monoisotopic (exact) mass is 295 g/mol. The lowest BCUT2D eigenvalue weighted by Crippen LogP contribution is -2.38. The van der Waals surface area contributed by atoms with E-state index in [9.17, 15) is 9.59 Å². The maximum Gasteiger partial charge on any atom is 0.308 e. The second kappa shape index (κ2) is 7.94. The van der Waals surface area contributed by atoms with E-state index >= 15 is 0 Å². The van der Waals surface area contributed by atoms with Crippen molar-refractivity contribution in [2.24, 2.45) is 5.92 Å². The van der Waals surface area contributed by atoms with Gasteiger partial charge < -0.3 is 10.0 Å². The number of aliphatic carboxylic acids is 1. The van der Waals surface area contributed by atoms with Crippen LogP contribution in [-0.2, 0) is 9.59 Å². The van der Waals surface area contributed by atoms with Crippen LogP contribution >= 0.6 is 11.8 Å². The molecule has 20 heavy (non-hydrogen) atoms. The Morgan fingerprint density at radius 2 is 1.90 bits per heavy atom. The predicted octanol–water partition coefficient (Wildman–Crippen LogP) is 2.74. The van der Waals surface area contributed by atoms with Gasteiger partial charge in [-0.15, -0.1) is 11.8 Å². The van der Waals surface area contributed by atoms with E-state index < -0.39 is 11.9 Å². The molecule has 0 heterocycles. The number of hydrogen-bond acceptors (Lipinski definition) is 3.